The molecule has 2 aromatic carbocycles. The lowest BCUT2D eigenvalue weighted by Gasteiger charge is -2.26. The number of carbonyl (C=O) groups excluding carboxylic acids is 6. The van der Waals surface area contributed by atoms with E-state index in [1.165, 1.54) is 24.3 Å². The van der Waals surface area contributed by atoms with Gasteiger partial charge in [0.25, 0.3) is 11.8 Å². The van der Waals surface area contributed by atoms with E-state index in [0.717, 1.165) is 27.5 Å². The average Bonchev–Trinajstić information content (AvgIpc) is 1.81. The fourth-order valence-electron chi connectivity index (χ4n) is 8.55. The van der Waals surface area contributed by atoms with Crippen molar-refractivity contribution >= 4 is 51.2 Å². The minimum absolute atomic E-state index is 0.00622. The smallest absolute Gasteiger partial charge is 0.459 e. The molecule has 492 valence electrons. The number of imidazole rings is 1. The molecule has 0 aliphatic carbocycles. The molecule has 2 aliphatic rings. The first kappa shape index (κ1) is 71.1. The summed E-state index contributed by atoms with van der Waals surface area (Å²) in [6.45, 7) is 11.0. The largest absolute Gasteiger partial charge is 0.493 e. The van der Waals surface area contributed by atoms with E-state index in [4.69, 9.17) is 58.0 Å². The van der Waals surface area contributed by atoms with Crippen LogP contribution in [-0.4, -0.2) is 174 Å². The van der Waals surface area contributed by atoms with Crippen LogP contribution in [-0.2, 0) is 72.2 Å². The monoisotopic (exact) mass is 1300 g/mol. The van der Waals surface area contributed by atoms with Crippen molar-refractivity contribution < 1.29 is 110 Å². The summed E-state index contributed by atoms with van der Waals surface area (Å²) in [4.78, 5) is 84.6. The van der Waals surface area contributed by atoms with Gasteiger partial charge in [-0.2, -0.15) is 10.2 Å². The van der Waals surface area contributed by atoms with Gasteiger partial charge in [-0.1, -0.05) is 78.8 Å². The zero-order chi connectivity index (χ0) is 65.3. The summed E-state index contributed by atoms with van der Waals surface area (Å²) in [5, 5.41) is 63.1. The first-order chi connectivity index (χ1) is 42.0. The van der Waals surface area contributed by atoms with E-state index >= 15 is 0 Å². The van der Waals surface area contributed by atoms with Crippen LogP contribution in [0.25, 0.3) is 0 Å². The third kappa shape index (κ3) is 21.1. The van der Waals surface area contributed by atoms with Crippen LogP contribution in [0.3, 0.4) is 0 Å². The first-order valence-electron chi connectivity index (χ1n) is 28.6. The van der Waals surface area contributed by atoms with E-state index in [0.29, 0.717) is 12.8 Å². The van der Waals surface area contributed by atoms with E-state index in [1.807, 2.05) is 20.8 Å². The molecule has 13 atom stereocenters. The lowest BCUT2D eigenvalue weighted by atomic mass is 9.98. The number of ether oxygens (including phenoxy) is 6. The molecule has 2 aromatic heterocycles. The Morgan fingerprint density at radius 3 is 1.66 bits per heavy atom. The van der Waals surface area contributed by atoms with Crippen molar-refractivity contribution in [1.29, 1.82) is 0 Å². The maximum atomic E-state index is 14.9. The summed E-state index contributed by atoms with van der Waals surface area (Å²) in [6, 6.07) is 10.4. The van der Waals surface area contributed by atoms with Crippen molar-refractivity contribution in [3.8, 4) is 17.4 Å². The highest BCUT2D eigenvalue weighted by atomic mass is 31.2. The van der Waals surface area contributed by atoms with Crippen LogP contribution < -0.4 is 30.7 Å². The number of nitrogens with two attached hydrogens (primary N) is 2. The molecule has 3 unspecified atom stereocenters. The Morgan fingerprint density at radius 1 is 0.618 bits per heavy atom. The van der Waals surface area contributed by atoms with Crippen molar-refractivity contribution in [2.24, 2.45) is 35.1 Å². The molecule has 32 nitrogen and oxygen atoms in total. The third-order valence-corrected chi connectivity index (χ3v) is 16.5. The second-order valence-electron chi connectivity index (χ2n) is 22.5. The van der Waals surface area contributed by atoms with Crippen LogP contribution in [0.4, 0.5) is 0 Å². The Bertz CT molecular complexity index is 3100. The molecule has 4 heterocycles. The minimum atomic E-state index is -4.82. The Balaban J connectivity index is 1.11. The van der Waals surface area contributed by atoms with Crippen molar-refractivity contribution in [2.45, 2.75) is 142 Å². The molecule has 11 N–H and O–H groups in total. The molecule has 34 heteroatoms. The molecule has 4 aromatic rings. The maximum Gasteiger partial charge on any atom is 0.459 e. The summed E-state index contributed by atoms with van der Waals surface area (Å²) < 4.78 is 87.8. The second-order valence-corrected chi connectivity index (χ2v) is 25.8. The third-order valence-electron chi connectivity index (χ3n) is 13.3. The maximum absolute atomic E-state index is 14.9. The van der Waals surface area contributed by atoms with Crippen LogP contribution in [0.5, 0.6) is 17.4 Å². The number of esters is 4. The normalized spacial score (nSPS) is 22.4. The predicted molar refractivity (Wildman–Crippen MR) is 308 cm³/mol. The van der Waals surface area contributed by atoms with Crippen LogP contribution in [0.15, 0.2) is 67.3 Å². The molecule has 0 bridgehead atoms. The van der Waals surface area contributed by atoms with Gasteiger partial charge in [-0.3, -0.25) is 42.4 Å². The number of aromatic hydroxyl groups is 1. The van der Waals surface area contributed by atoms with Gasteiger partial charge in [0.2, 0.25) is 11.7 Å². The quantitative estimate of drug-likeness (QED) is 0.0179. The Hall–Kier alpha value is -6.93. The number of aliphatic hydroxyl groups is 4. The van der Waals surface area contributed by atoms with Crippen molar-refractivity contribution in [3.63, 3.8) is 0 Å². The van der Waals surface area contributed by atoms with Gasteiger partial charge in [0.05, 0.1) is 52.5 Å². The fraction of sp³-hybridized carbons (Fsp3) is 0.582. The molecule has 2 aliphatic heterocycles. The van der Waals surface area contributed by atoms with E-state index in [-0.39, 0.29) is 68.0 Å². The van der Waals surface area contributed by atoms with Gasteiger partial charge in [0.1, 0.15) is 72.9 Å². The van der Waals surface area contributed by atoms with Crippen LogP contribution in [0.1, 0.15) is 113 Å². The predicted octanol–water partition coefficient (Wildman–Crippen LogP) is 2.52. The Morgan fingerprint density at radius 2 is 1.13 bits per heavy atom. The topological polar surface area (TPSA) is 455 Å². The lowest BCUT2D eigenvalue weighted by Crippen LogP contribution is -2.41. The van der Waals surface area contributed by atoms with E-state index < -0.39 is 156 Å². The van der Waals surface area contributed by atoms with Crippen LogP contribution >= 0.6 is 15.5 Å². The first-order valence-corrected chi connectivity index (χ1v) is 31.6. The van der Waals surface area contributed by atoms with Gasteiger partial charge < -0.3 is 74.5 Å². The number of carbonyl (C=O) groups is 6. The number of hydrogen-bond donors (Lipinski definition) is 9. The number of primary amides is 2. The summed E-state index contributed by atoms with van der Waals surface area (Å²) in [5.74, 6) is -7.29. The number of benzene rings is 2. The van der Waals surface area contributed by atoms with Gasteiger partial charge in [0, 0.05) is 0 Å². The molecule has 89 heavy (non-hydrogen) atoms. The standard InChI is InChI=1S/C55H79N9O23P2/c1-30(2)17-19-79-54(74)37(61-88(76,86-35-11-9-8-10-12-35)82-26-39-44(67)46(69)52(84-39)63-28-58-43(48(56)71)51(63)73)22-41(65)78-20-18-33(7)21-34-13-15-36(16-14-34)87-89(77,62-38(55(75)81-25-32(5)6)23-42(66)80-24-31(3)4)83-27-40-45(68)47(70)53(85-40)64-29-59-50(60-64)49(57)72/h8-16,28-33,37-40,44-47,52-53,67-70,73H,17-27H2,1-7H3,(H2,56,71)(H2,57,72)(H,61,76)(H,62,77)/t33?,37-,38-,39+,40+,44+,45+,46+,47+,52+,53+,88?,89?/m0/s1. The van der Waals surface area contributed by atoms with Gasteiger partial charge in [0.15, 0.2) is 18.1 Å². The number of rotatable bonds is 36. The number of amides is 2. The van der Waals surface area contributed by atoms with Crippen LogP contribution in [0, 0.1) is 23.7 Å². The number of hydrogen-bond acceptors (Lipinski definition) is 26. The number of nitrogens with one attached hydrogen (secondary N) is 2. The SMILES string of the molecule is CC(C)CCOC(=O)[C@H](CC(=O)OCCC(C)Cc1ccc(OP(=O)(N[C@@H](CC(=O)OCC(C)C)C(=O)OCC(C)C)OC[C@H]2O[C@@H](n3cnc(C(N)=O)n3)[C@H](O)[C@@H]2O)cc1)NP(=O)(OC[C@H]1O[C@@H](n2cnc(C(N)=O)c2O)[C@H](O)[C@@H]1O)Oc1ccccc1. The summed E-state index contributed by atoms with van der Waals surface area (Å²) in [6.07, 6.45) is -11.0. The molecular weight excluding hydrogens is 1220 g/mol. The lowest BCUT2D eigenvalue weighted by molar-refractivity contribution is -0.153. The molecule has 0 saturated carbocycles. The number of nitrogens with zero attached hydrogens (tertiary/aromatic N) is 5. The van der Waals surface area contributed by atoms with Gasteiger partial charge in [-0.15, -0.1) is 5.10 Å². The van der Waals surface area contributed by atoms with E-state index in [2.05, 4.69) is 25.2 Å². The van der Waals surface area contributed by atoms with E-state index in [1.54, 1.807) is 58.0 Å². The van der Waals surface area contributed by atoms with E-state index in [9.17, 15) is 63.4 Å². The van der Waals surface area contributed by atoms with Crippen LogP contribution in [0.2, 0.25) is 0 Å². The Kier molecular flexibility index (Phi) is 26.1. The van der Waals surface area contributed by atoms with Crippen molar-refractivity contribution in [2.75, 3.05) is 39.6 Å². The van der Waals surface area contributed by atoms with Crippen molar-refractivity contribution in [3.05, 3.63) is 84.3 Å². The number of aliphatic hydroxyl groups excluding tert-OH is 4. The highest BCUT2D eigenvalue weighted by molar-refractivity contribution is 7.52. The average molecular weight is 1300 g/mol. The zero-order valence-corrected chi connectivity index (χ0v) is 51.9. The molecule has 6 rings (SSSR count). The molecule has 2 fully saturated rings. The zero-order valence-electron chi connectivity index (χ0n) is 50.1. The van der Waals surface area contributed by atoms with Gasteiger partial charge in [-0.05, 0) is 72.8 Å². The highest BCUT2D eigenvalue weighted by Crippen LogP contribution is 2.48. The summed E-state index contributed by atoms with van der Waals surface area (Å²) in [7, 11) is -9.61. The molecule has 2 amide bonds. The second kappa shape index (κ2) is 32.7. The molecular formula is C55H79N9O23P2. The molecule has 2 saturated heterocycles. The summed E-state index contributed by atoms with van der Waals surface area (Å²) >= 11 is 0. The highest BCUT2D eigenvalue weighted by Gasteiger charge is 2.49. The number of para-hydroxylation sites is 1. The fourth-order valence-corrected chi connectivity index (χ4v) is 11.6. The summed E-state index contributed by atoms with van der Waals surface area (Å²) in [5.41, 5.74) is 10.7. The van der Waals surface area contributed by atoms with Gasteiger partial charge >= 0.3 is 39.4 Å². The minimum Gasteiger partial charge on any atom is -0.493 e. The van der Waals surface area contributed by atoms with Gasteiger partial charge in [-0.25, -0.2) is 23.8 Å². The van der Waals surface area contributed by atoms with Crippen molar-refractivity contribution in [1.82, 2.24) is 34.5 Å². The Labute approximate surface area is 512 Å². The molecule has 0 radical (unpaired) electrons. The number of aromatic nitrogens is 5. The molecule has 0 spiro atoms.